The smallest absolute Gasteiger partial charge is 0.308 e. The molecule has 1 aliphatic heterocycles. The van der Waals surface area contributed by atoms with Crippen molar-refractivity contribution in [2.24, 2.45) is 5.92 Å². The van der Waals surface area contributed by atoms with Crippen LogP contribution >= 0.6 is 0 Å². The van der Waals surface area contributed by atoms with Crippen LogP contribution in [-0.4, -0.2) is 33.4 Å². The summed E-state index contributed by atoms with van der Waals surface area (Å²) in [4.78, 5) is 28.1. The number of carbonyl (C=O) groups excluding carboxylic acids is 1. The molecule has 6 heteroatoms. The van der Waals surface area contributed by atoms with Crippen molar-refractivity contribution in [1.82, 2.24) is 9.88 Å². The first-order valence-electron chi connectivity index (χ1n) is 5.43. The molecule has 1 saturated heterocycles. The highest BCUT2D eigenvalue weighted by molar-refractivity contribution is 5.86. The molecule has 6 nitrogen and oxygen atoms in total. The number of aromatic nitrogens is 1. The maximum atomic E-state index is 11.7. The van der Waals surface area contributed by atoms with Crippen molar-refractivity contribution < 1.29 is 19.1 Å². The van der Waals surface area contributed by atoms with Crippen molar-refractivity contribution in [3.8, 4) is 0 Å². The number of likely N-dealkylation sites (tertiary alicyclic amines) is 1. The molecule has 2 unspecified atom stereocenters. The van der Waals surface area contributed by atoms with Crippen LogP contribution in [0.2, 0.25) is 0 Å². The van der Waals surface area contributed by atoms with Gasteiger partial charge in [0.05, 0.1) is 12.1 Å². The first-order valence-corrected chi connectivity index (χ1v) is 5.43. The topological polar surface area (TPSA) is 83.6 Å². The minimum Gasteiger partial charge on any atom is -0.481 e. The van der Waals surface area contributed by atoms with Gasteiger partial charge in [-0.1, -0.05) is 0 Å². The zero-order chi connectivity index (χ0) is 12.6. The van der Waals surface area contributed by atoms with Gasteiger partial charge in [-0.2, -0.15) is 0 Å². The fourth-order valence-corrected chi connectivity index (χ4v) is 1.97. The number of oxazole rings is 1. The van der Waals surface area contributed by atoms with Crippen molar-refractivity contribution in [1.29, 1.82) is 0 Å². The van der Waals surface area contributed by atoms with E-state index in [1.807, 2.05) is 0 Å². The first kappa shape index (κ1) is 11.6. The van der Waals surface area contributed by atoms with Crippen LogP contribution < -0.4 is 0 Å². The van der Waals surface area contributed by atoms with E-state index in [1.165, 1.54) is 4.90 Å². The Kier molecular flexibility index (Phi) is 2.87. The van der Waals surface area contributed by atoms with E-state index >= 15 is 0 Å². The highest BCUT2D eigenvalue weighted by atomic mass is 16.4. The lowest BCUT2D eigenvalue weighted by molar-refractivity contribution is -0.141. The Labute approximate surface area is 98.2 Å². The van der Waals surface area contributed by atoms with Gasteiger partial charge in [-0.15, -0.1) is 0 Å². The highest BCUT2D eigenvalue weighted by Gasteiger charge is 2.38. The zero-order valence-corrected chi connectivity index (χ0v) is 9.71. The minimum absolute atomic E-state index is 0.0549. The molecule has 92 valence electrons. The van der Waals surface area contributed by atoms with Gasteiger partial charge in [-0.05, 0) is 13.8 Å². The zero-order valence-electron chi connectivity index (χ0n) is 9.71. The van der Waals surface area contributed by atoms with Gasteiger partial charge in [0.2, 0.25) is 11.8 Å². The van der Waals surface area contributed by atoms with Crippen LogP contribution in [0.4, 0.5) is 0 Å². The Balaban J connectivity index is 2.13. The Hall–Kier alpha value is -1.85. The molecule has 0 aromatic carbocycles. The summed E-state index contributed by atoms with van der Waals surface area (Å²) in [5.74, 6) is -0.603. The molecule has 1 amide bonds. The summed E-state index contributed by atoms with van der Waals surface area (Å²) in [6.45, 7) is 3.78. The van der Waals surface area contributed by atoms with E-state index in [2.05, 4.69) is 4.98 Å². The third-order valence-electron chi connectivity index (χ3n) is 2.97. The Morgan fingerprint density at radius 2 is 2.41 bits per heavy atom. The van der Waals surface area contributed by atoms with Crippen LogP contribution in [0, 0.1) is 12.8 Å². The molecule has 0 saturated carbocycles. The molecule has 2 rings (SSSR count). The molecule has 1 N–H and O–H groups in total. The first-order chi connectivity index (χ1) is 7.99. The number of aliphatic carboxylic acids is 1. The predicted molar refractivity (Wildman–Crippen MR) is 57.1 cm³/mol. The van der Waals surface area contributed by atoms with E-state index in [1.54, 1.807) is 20.0 Å². The lowest BCUT2D eigenvalue weighted by Crippen LogP contribution is -2.29. The summed E-state index contributed by atoms with van der Waals surface area (Å²) in [6.07, 6.45) is 1.64. The molecule has 1 aromatic heterocycles. The van der Waals surface area contributed by atoms with Crippen molar-refractivity contribution in [2.75, 3.05) is 6.54 Å². The normalized spacial score (nSPS) is 21.9. The lowest BCUT2D eigenvalue weighted by Gasteiger charge is -2.21. The number of hydrogen-bond donors (Lipinski definition) is 1. The van der Waals surface area contributed by atoms with Crippen LogP contribution in [0.25, 0.3) is 0 Å². The molecule has 2 atom stereocenters. The summed E-state index contributed by atoms with van der Waals surface area (Å²) in [6, 6.07) is -0.319. The fourth-order valence-electron chi connectivity index (χ4n) is 1.97. The van der Waals surface area contributed by atoms with E-state index in [0.29, 0.717) is 11.7 Å². The molecule has 0 radical (unpaired) electrons. The van der Waals surface area contributed by atoms with Crippen molar-refractivity contribution in [2.45, 2.75) is 26.3 Å². The number of carboxylic acid groups (broad SMARTS) is 1. The van der Waals surface area contributed by atoms with E-state index < -0.39 is 11.9 Å². The van der Waals surface area contributed by atoms with Gasteiger partial charge in [0.15, 0.2) is 0 Å². The number of amides is 1. The largest absolute Gasteiger partial charge is 0.481 e. The van der Waals surface area contributed by atoms with Gasteiger partial charge in [0.25, 0.3) is 0 Å². The van der Waals surface area contributed by atoms with Gasteiger partial charge in [0, 0.05) is 13.0 Å². The molecule has 2 heterocycles. The van der Waals surface area contributed by atoms with Crippen LogP contribution in [0.15, 0.2) is 10.6 Å². The van der Waals surface area contributed by atoms with Gasteiger partial charge in [-0.25, -0.2) is 4.98 Å². The second-order valence-corrected chi connectivity index (χ2v) is 4.27. The number of carboxylic acids is 1. The summed E-state index contributed by atoms with van der Waals surface area (Å²) in [5, 5.41) is 8.89. The highest BCUT2D eigenvalue weighted by Crippen LogP contribution is 2.28. The van der Waals surface area contributed by atoms with Crippen LogP contribution in [0.1, 0.15) is 31.0 Å². The van der Waals surface area contributed by atoms with Crippen molar-refractivity contribution >= 4 is 11.9 Å². The van der Waals surface area contributed by atoms with Gasteiger partial charge in [-0.3, -0.25) is 9.59 Å². The van der Waals surface area contributed by atoms with Crippen LogP contribution in [0.3, 0.4) is 0 Å². The molecule has 0 aliphatic carbocycles. The van der Waals surface area contributed by atoms with Crippen LogP contribution in [0.5, 0.6) is 0 Å². The summed E-state index contributed by atoms with van der Waals surface area (Å²) >= 11 is 0. The SMILES string of the molecule is Cc1cnc(C(C)N2CC(C(=O)O)CC2=O)o1. The van der Waals surface area contributed by atoms with Gasteiger partial charge >= 0.3 is 5.97 Å². The fraction of sp³-hybridized carbons (Fsp3) is 0.545. The molecule has 1 fully saturated rings. The number of nitrogens with zero attached hydrogens (tertiary/aromatic N) is 2. The maximum absolute atomic E-state index is 11.7. The number of aryl methyl sites for hydroxylation is 1. The Bertz CT molecular complexity index is 454. The van der Waals surface area contributed by atoms with E-state index in [0.717, 1.165) is 0 Å². The lowest BCUT2D eigenvalue weighted by atomic mass is 10.1. The van der Waals surface area contributed by atoms with Crippen molar-refractivity contribution in [3.05, 3.63) is 17.8 Å². The van der Waals surface area contributed by atoms with E-state index in [-0.39, 0.29) is 24.9 Å². The van der Waals surface area contributed by atoms with E-state index in [9.17, 15) is 9.59 Å². The molecular weight excluding hydrogens is 224 g/mol. The van der Waals surface area contributed by atoms with E-state index in [4.69, 9.17) is 9.52 Å². The summed E-state index contributed by atoms with van der Waals surface area (Å²) in [5.41, 5.74) is 0. The second-order valence-electron chi connectivity index (χ2n) is 4.27. The molecule has 1 aliphatic rings. The van der Waals surface area contributed by atoms with Gasteiger partial charge in [0.1, 0.15) is 11.8 Å². The molecule has 17 heavy (non-hydrogen) atoms. The third-order valence-corrected chi connectivity index (χ3v) is 2.97. The molecule has 1 aromatic rings. The minimum atomic E-state index is -0.934. The van der Waals surface area contributed by atoms with Gasteiger partial charge < -0.3 is 14.4 Å². The molecule has 0 bridgehead atoms. The average Bonchev–Trinajstić information content (AvgIpc) is 2.84. The molecular formula is C11H14N2O4. The summed E-state index contributed by atoms with van der Waals surface area (Å²) in [7, 11) is 0. The van der Waals surface area contributed by atoms with Crippen molar-refractivity contribution in [3.63, 3.8) is 0 Å². The monoisotopic (exact) mass is 238 g/mol. The number of rotatable bonds is 3. The third kappa shape index (κ3) is 2.15. The quantitative estimate of drug-likeness (QED) is 0.848. The second kappa shape index (κ2) is 4.20. The Morgan fingerprint density at radius 1 is 1.71 bits per heavy atom. The van der Waals surface area contributed by atoms with Crippen LogP contribution in [-0.2, 0) is 9.59 Å². The average molecular weight is 238 g/mol. The standard InChI is InChI=1S/C11H14N2O4/c1-6-4-12-10(17-6)7(2)13-5-8(11(15)16)3-9(13)14/h4,7-8H,3,5H2,1-2H3,(H,15,16). The number of carbonyl (C=O) groups is 2. The predicted octanol–water partition coefficient (Wildman–Crippen LogP) is 0.977. The molecule has 0 spiro atoms. The number of hydrogen-bond acceptors (Lipinski definition) is 4. The maximum Gasteiger partial charge on any atom is 0.308 e. The Morgan fingerprint density at radius 3 is 2.88 bits per heavy atom. The summed E-state index contributed by atoms with van der Waals surface area (Å²) < 4.78 is 5.35.